The number of fused-ring (bicyclic) bond motifs is 1. The molecule has 6 heteroatoms. The highest BCUT2D eigenvalue weighted by atomic mass is 32.1. The van der Waals surface area contributed by atoms with E-state index in [1.807, 2.05) is 36.6 Å². The van der Waals surface area contributed by atoms with E-state index in [1.165, 1.54) is 11.3 Å². The van der Waals surface area contributed by atoms with Crippen molar-refractivity contribution in [3.8, 4) is 11.3 Å². The predicted molar refractivity (Wildman–Crippen MR) is 89.7 cm³/mol. The van der Waals surface area contributed by atoms with E-state index in [2.05, 4.69) is 9.97 Å². The van der Waals surface area contributed by atoms with Crippen molar-refractivity contribution in [3.05, 3.63) is 70.0 Å². The summed E-state index contributed by atoms with van der Waals surface area (Å²) in [6.07, 6.45) is 5.03. The molecule has 0 spiro atoms. The molecule has 0 saturated carbocycles. The zero-order valence-electron chi connectivity index (χ0n) is 12.4. The van der Waals surface area contributed by atoms with Crippen LogP contribution in [0.2, 0.25) is 0 Å². The van der Waals surface area contributed by atoms with Crippen molar-refractivity contribution < 1.29 is 4.42 Å². The molecule has 114 valence electrons. The van der Waals surface area contributed by atoms with Gasteiger partial charge in [-0.15, -0.1) is 11.3 Å². The van der Waals surface area contributed by atoms with Crippen LogP contribution < -0.4 is 5.56 Å². The first-order valence-corrected chi connectivity index (χ1v) is 8.03. The topological polar surface area (TPSA) is 60.9 Å². The molecule has 4 aromatic rings. The molecular formula is C17H13N3O2S. The van der Waals surface area contributed by atoms with Gasteiger partial charge in [0.1, 0.15) is 16.4 Å². The number of furan rings is 1. The van der Waals surface area contributed by atoms with Gasteiger partial charge >= 0.3 is 0 Å². The van der Waals surface area contributed by atoms with Crippen molar-refractivity contribution in [1.29, 1.82) is 0 Å². The number of aryl methyl sites for hydroxylation is 1. The smallest absolute Gasteiger partial charge is 0.263 e. The summed E-state index contributed by atoms with van der Waals surface area (Å²) >= 11 is 1.45. The molecule has 0 atom stereocenters. The third kappa shape index (κ3) is 2.47. The van der Waals surface area contributed by atoms with E-state index >= 15 is 0 Å². The number of hydrogen-bond donors (Lipinski definition) is 0. The normalized spacial score (nSPS) is 11.2. The van der Waals surface area contributed by atoms with Gasteiger partial charge in [0.15, 0.2) is 0 Å². The van der Waals surface area contributed by atoms with Crippen LogP contribution in [0.1, 0.15) is 11.3 Å². The molecule has 0 unspecified atom stereocenters. The highest BCUT2D eigenvalue weighted by Gasteiger charge is 2.15. The van der Waals surface area contributed by atoms with Crippen LogP contribution in [0.15, 0.2) is 57.6 Å². The number of rotatable bonds is 3. The standard InChI is InChI=1S/C17H13N3O2S/c1-11-2-3-14(22-11)13-9-23-16-15(13)17(21)20(10-19-16)8-12-4-6-18-7-5-12/h2-7,9-10H,8H2,1H3. The van der Waals surface area contributed by atoms with E-state index in [1.54, 1.807) is 23.3 Å². The Bertz CT molecular complexity index is 1030. The van der Waals surface area contributed by atoms with E-state index in [0.29, 0.717) is 17.7 Å². The Balaban J connectivity index is 1.85. The summed E-state index contributed by atoms with van der Waals surface area (Å²) in [5, 5.41) is 2.54. The number of aromatic nitrogens is 3. The van der Waals surface area contributed by atoms with Crippen molar-refractivity contribution in [2.24, 2.45) is 0 Å². The summed E-state index contributed by atoms with van der Waals surface area (Å²) in [4.78, 5) is 22.0. The molecule has 0 aliphatic carbocycles. The summed E-state index contributed by atoms with van der Waals surface area (Å²) in [6, 6.07) is 7.56. The predicted octanol–water partition coefficient (Wildman–Crippen LogP) is 3.47. The molecule has 23 heavy (non-hydrogen) atoms. The lowest BCUT2D eigenvalue weighted by atomic mass is 10.2. The van der Waals surface area contributed by atoms with Crippen LogP contribution in [0.3, 0.4) is 0 Å². The van der Waals surface area contributed by atoms with Gasteiger partial charge in [-0.3, -0.25) is 14.3 Å². The van der Waals surface area contributed by atoms with Gasteiger partial charge in [-0.05, 0) is 36.8 Å². The summed E-state index contributed by atoms with van der Waals surface area (Å²) in [6.45, 7) is 2.36. The van der Waals surface area contributed by atoms with E-state index < -0.39 is 0 Å². The lowest BCUT2D eigenvalue weighted by Crippen LogP contribution is -2.20. The Morgan fingerprint density at radius 2 is 2.04 bits per heavy atom. The molecule has 0 N–H and O–H groups in total. The molecular weight excluding hydrogens is 310 g/mol. The number of thiophene rings is 1. The molecule has 5 nitrogen and oxygen atoms in total. The average molecular weight is 323 g/mol. The monoisotopic (exact) mass is 323 g/mol. The second-order valence-corrected chi connectivity index (χ2v) is 6.13. The SMILES string of the molecule is Cc1ccc(-c2csc3ncn(Cc4ccncc4)c(=O)c23)o1. The van der Waals surface area contributed by atoms with Gasteiger partial charge in [-0.2, -0.15) is 0 Å². The van der Waals surface area contributed by atoms with Crippen molar-refractivity contribution in [1.82, 2.24) is 14.5 Å². The van der Waals surface area contributed by atoms with Crippen LogP contribution in [0.5, 0.6) is 0 Å². The summed E-state index contributed by atoms with van der Waals surface area (Å²) in [5.74, 6) is 1.52. The Morgan fingerprint density at radius 3 is 2.78 bits per heavy atom. The lowest BCUT2D eigenvalue weighted by molar-refractivity contribution is 0.549. The average Bonchev–Trinajstić information content (AvgIpc) is 3.17. The maximum absolute atomic E-state index is 12.9. The molecule has 0 fully saturated rings. The molecule has 0 radical (unpaired) electrons. The number of nitrogens with zero attached hydrogens (tertiary/aromatic N) is 3. The zero-order chi connectivity index (χ0) is 15.8. The van der Waals surface area contributed by atoms with Gasteiger partial charge in [-0.25, -0.2) is 4.98 Å². The number of pyridine rings is 1. The highest BCUT2D eigenvalue weighted by Crippen LogP contribution is 2.31. The van der Waals surface area contributed by atoms with Crippen LogP contribution >= 0.6 is 11.3 Å². The van der Waals surface area contributed by atoms with Gasteiger partial charge < -0.3 is 4.42 Å². The van der Waals surface area contributed by atoms with Crippen LogP contribution in [0.25, 0.3) is 21.5 Å². The van der Waals surface area contributed by atoms with Crippen molar-refractivity contribution in [2.45, 2.75) is 13.5 Å². The van der Waals surface area contributed by atoms with Gasteiger partial charge in [0.05, 0.1) is 18.3 Å². The van der Waals surface area contributed by atoms with E-state index in [0.717, 1.165) is 21.7 Å². The summed E-state index contributed by atoms with van der Waals surface area (Å²) in [7, 11) is 0. The molecule has 4 aromatic heterocycles. The Morgan fingerprint density at radius 1 is 1.22 bits per heavy atom. The first-order valence-electron chi connectivity index (χ1n) is 7.15. The highest BCUT2D eigenvalue weighted by molar-refractivity contribution is 7.17. The van der Waals surface area contributed by atoms with Gasteiger partial charge in [0.2, 0.25) is 0 Å². The molecule has 0 amide bonds. The maximum atomic E-state index is 12.9. The van der Waals surface area contributed by atoms with Crippen LogP contribution in [0, 0.1) is 6.92 Å². The largest absolute Gasteiger partial charge is 0.461 e. The third-order valence-corrected chi connectivity index (χ3v) is 4.56. The number of hydrogen-bond acceptors (Lipinski definition) is 5. The van der Waals surface area contributed by atoms with E-state index in [-0.39, 0.29) is 5.56 Å². The molecule has 0 aliphatic rings. The quantitative estimate of drug-likeness (QED) is 0.579. The van der Waals surface area contributed by atoms with Crippen molar-refractivity contribution in [2.75, 3.05) is 0 Å². The molecule has 4 heterocycles. The molecule has 0 bridgehead atoms. The first-order chi connectivity index (χ1) is 11.2. The lowest BCUT2D eigenvalue weighted by Gasteiger charge is -2.05. The first kappa shape index (κ1) is 13.9. The van der Waals surface area contributed by atoms with Gasteiger partial charge in [-0.1, -0.05) is 0 Å². The van der Waals surface area contributed by atoms with Crippen LogP contribution in [0.4, 0.5) is 0 Å². The van der Waals surface area contributed by atoms with E-state index in [9.17, 15) is 4.79 Å². The minimum Gasteiger partial charge on any atom is -0.461 e. The summed E-state index contributed by atoms with van der Waals surface area (Å²) < 4.78 is 7.29. The van der Waals surface area contributed by atoms with Gasteiger partial charge in [0, 0.05) is 23.3 Å². The van der Waals surface area contributed by atoms with E-state index in [4.69, 9.17) is 4.42 Å². The van der Waals surface area contributed by atoms with Crippen LogP contribution in [-0.4, -0.2) is 14.5 Å². The molecule has 0 aromatic carbocycles. The second kappa shape index (κ2) is 5.48. The molecule has 0 aliphatic heterocycles. The van der Waals surface area contributed by atoms with Gasteiger partial charge in [0.25, 0.3) is 5.56 Å². The van der Waals surface area contributed by atoms with Crippen molar-refractivity contribution in [3.63, 3.8) is 0 Å². The third-order valence-electron chi connectivity index (χ3n) is 3.67. The maximum Gasteiger partial charge on any atom is 0.263 e. The van der Waals surface area contributed by atoms with Crippen molar-refractivity contribution >= 4 is 21.6 Å². The minimum absolute atomic E-state index is 0.0582. The Kier molecular flexibility index (Phi) is 3.31. The molecule has 4 rings (SSSR count). The molecule has 0 saturated heterocycles. The fourth-order valence-corrected chi connectivity index (χ4v) is 3.41. The summed E-state index contributed by atoms with van der Waals surface area (Å²) in [5.41, 5.74) is 1.76. The van der Waals surface area contributed by atoms with Crippen LogP contribution in [-0.2, 0) is 6.54 Å². The zero-order valence-corrected chi connectivity index (χ0v) is 13.2. The fraction of sp³-hybridized carbons (Fsp3) is 0.118. The second-order valence-electron chi connectivity index (χ2n) is 5.27. The Hall–Kier alpha value is -2.73. The Labute approximate surface area is 135 Å². The fourth-order valence-electron chi connectivity index (χ4n) is 2.53. The minimum atomic E-state index is -0.0582.